The number of hydrogen-bond donors (Lipinski definition) is 0. The van der Waals surface area contributed by atoms with E-state index in [1.165, 1.54) is 6.92 Å². The summed E-state index contributed by atoms with van der Waals surface area (Å²) >= 11 is 0. The molecule has 30 heavy (non-hydrogen) atoms. The van der Waals surface area contributed by atoms with E-state index in [-0.39, 0.29) is 22.6 Å². The third-order valence-electron chi connectivity index (χ3n) is 8.14. The smallest absolute Gasteiger partial charge is 0.339 e. The van der Waals surface area contributed by atoms with Crippen molar-refractivity contribution in [2.75, 3.05) is 5.75 Å². The minimum Gasteiger partial charge on any atom is -0.449 e. The van der Waals surface area contributed by atoms with Crippen molar-refractivity contribution in [3.05, 3.63) is 34.4 Å². The van der Waals surface area contributed by atoms with Crippen LogP contribution in [0.15, 0.2) is 12.1 Å². The summed E-state index contributed by atoms with van der Waals surface area (Å²) in [5, 5.41) is 0. The third kappa shape index (κ3) is 2.77. The van der Waals surface area contributed by atoms with Gasteiger partial charge < -0.3 is 4.74 Å². The Morgan fingerprint density at radius 3 is 2.33 bits per heavy atom. The zero-order valence-corrected chi connectivity index (χ0v) is 19.4. The van der Waals surface area contributed by atoms with Crippen molar-refractivity contribution < 1.29 is 22.7 Å². The molecule has 4 atom stereocenters. The second kappa shape index (κ2) is 6.55. The number of ether oxygens (including phenoxy) is 1. The standard InChI is InChI=1S/C23H31NO5S/c1-13-9-14(2)19(15(3)10-13)21(26)29-16(4)20(25)24-18-11-17-7-8-23(18,22(17,5)6)12-30(24,27)28/h9-10,16-18H,7-8,11-12H2,1-6H3/t16-,17+,18+,23+/m0/s1. The van der Waals surface area contributed by atoms with Crippen LogP contribution in [0.3, 0.4) is 0 Å². The maximum atomic E-state index is 13.2. The highest BCUT2D eigenvalue weighted by atomic mass is 32.2. The molecule has 0 aromatic heterocycles. The maximum Gasteiger partial charge on any atom is 0.339 e. The molecule has 2 bridgehead atoms. The summed E-state index contributed by atoms with van der Waals surface area (Å²) in [6.45, 7) is 11.4. The van der Waals surface area contributed by atoms with Crippen molar-refractivity contribution in [2.24, 2.45) is 16.7 Å². The molecule has 0 radical (unpaired) electrons. The number of rotatable bonds is 3. The lowest BCUT2D eigenvalue weighted by Gasteiger charge is -2.37. The SMILES string of the molecule is Cc1cc(C)c(C(=O)O[C@@H](C)C(=O)N2[C@@H]3C[C@H]4CC[C@]3(CS2(=O)=O)C4(C)C)c(C)c1. The van der Waals surface area contributed by atoms with Crippen LogP contribution < -0.4 is 0 Å². The number of aryl methyl sites for hydroxylation is 3. The second-order valence-corrected chi connectivity index (χ2v) is 11.9. The molecule has 7 heteroatoms. The van der Waals surface area contributed by atoms with E-state index in [4.69, 9.17) is 4.74 Å². The van der Waals surface area contributed by atoms with E-state index in [1.807, 2.05) is 32.9 Å². The number of nitrogens with zero attached hydrogens (tertiary/aromatic N) is 1. The van der Waals surface area contributed by atoms with Gasteiger partial charge in [0.05, 0.1) is 17.4 Å². The number of amides is 1. The Labute approximate surface area is 179 Å². The minimum absolute atomic E-state index is 0.0107. The Morgan fingerprint density at radius 1 is 1.17 bits per heavy atom. The van der Waals surface area contributed by atoms with Crippen LogP contribution >= 0.6 is 0 Å². The summed E-state index contributed by atoms with van der Waals surface area (Å²) in [6, 6.07) is 3.46. The van der Waals surface area contributed by atoms with Crippen molar-refractivity contribution in [2.45, 2.75) is 73.0 Å². The van der Waals surface area contributed by atoms with Gasteiger partial charge in [-0.2, -0.15) is 0 Å². The van der Waals surface area contributed by atoms with Crippen LogP contribution in [-0.2, 0) is 19.6 Å². The van der Waals surface area contributed by atoms with Gasteiger partial charge in [-0.05, 0) is 69.4 Å². The van der Waals surface area contributed by atoms with Crippen molar-refractivity contribution in [1.29, 1.82) is 0 Å². The van der Waals surface area contributed by atoms with Gasteiger partial charge in [0.25, 0.3) is 5.91 Å². The molecule has 0 unspecified atom stereocenters. The molecule has 2 saturated carbocycles. The van der Waals surface area contributed by atoms with Crippen molar-refractivity contribution >= 4 is 21.9 Å². The highest BCUT2D eigenvalue weighted by Crippen LogP contribution is 2.70. The third-order valence-corrected chi connectivity index (χ3v) is 10.1. The Morgan fingerprint density at radius 2 is 1.77 bits per heavy atom. The number of fused-ring (bicyclic) bond motifs is 1. The largest absolute Gasteiger partial charge is 0.449 e. The molecular weight excluding hydrogens is 402 g/mol. The molecule has 1 aromatic carbocycles. The Balaban J connectivity index is 1.59. The molecule has 4 rings (SSSR count). The molecule has 1 heterocycles. The first-order valence-corrected chi connectivity index (χ1v) is 12.3. The molecule has 164 valence electrons. The summed E-state index contributed by atoms with van der Waals surface area (Å²) in [5.41, 5.74) is 2.52. The number of carbonyl (C=O) groups excluding carboxylic acids is 2. The molecule has 1 aliphatic heterocycles. The van der Waals surface area contributed by atoms with E-state index < -0.39 is 28.0 Å². The van der Waals surface area contributed by atoms with Gasteiger partial charge in [-0.25, -0.2) is 17.5 Å². The lowest BCUT2D eigenvalue weighted by atomic mass is 9.69. The van der Waals surface area contributed by atoms with Gasteiger partial charge >= 0.3 is 5.97 Å². The van der Waals surface area contributed by atoms with E-state index in [9.17, 15) is 18.0 Å². The van der Waals surface area contributed by atoms with Gasteiger partial charge in [0, 0.05) is 5.41 Å². The molecule has 1 saturated heterocycles. The van der Waals surface area contributed by atoms with Crippen molar-refractivity contribution in [3.8, 4) is 0 Å². The molecule has 2 aliphatic carbocycles. The fraction of sp³-hybridized carbons (Fsp3) is 0.652. The molecule has 3 fully saturated rings. The molecule has 3 aliphatic rings. The highest BCUT2D eigenvalue weighted by molar-refractivity contribution is 7.90. The fourth-order valence-electron chi connectivity index (χ4n) is 6.53. The number of carbonyl (C=O) groups is 2. The zero-order valence-electron chi connectivity index (χ0n) is 18.6. The van der Waals surface area contributed by atoms with Crippen molar-refractivity contribution in [3.63, 3.8) is 0 Å². The van der Waals surface area contributed by atoms with E-state index in [2.05, 4.69) is 13.8 Å². The van der Waals surface area contributed by atoms with Gasteiger partial charge in [0.2, 0.25) is 10.0 Å². The normalized spacial score (nSPS) is 31.5. The number of esters is 1. The lowest BCUT2D eigenvalue weighted by molar-refractivity contribution is -0.137. The fourth-order valence-corrected chi connectivity index (χ4v) is 9.13. The topological polar surface area (TPSA) is 80.8 Å². The molecular formula is C23H31NO5S. The highest BCUT2D eigenvalue weighted by Gasteiger charge is 2.72. The first kappa shape index (κ1) is 21.3. The van der Waals surface area contributed by atoms with Gasteiger partial charge in [0.15, 0.2) is 6.10 Å². The maximum absolute atomic E-state index is 13.2. The van der Waals surface area contributed by atoms with Gasteiger partial charge in [-0.3, -0.25) is 4.79 Å². The predicted molar refractivity (Wildman–Crippen MR) is 114 cm³/mol. The Bertz CT molecular complexity index is 1020. The average Bonchev–Trinajstić information content (AvgIpc) is 3.07. The summed E-state index contributed by atoms with van der Waals surface area (Å²) in [5.74, 6) is -0.790. The first-order valence-electron chi connectivity index (χ1n) is 10.7. The molecule has 1 spiro atoms. The van der Waals surface area contributed by atoms with Crippen LogP contribution in [-0.4, -0.2) is 42.5 Å². The number of benzene rings is 1. The molecule has 1 aromatic rings. The summed E-state index contributed by atoms with van der Waals surface area (Å²) < 4.78 is 32.7. The molecule has 0 N–H and O–H groups in total. The van der Waals surface area contributed by atoms with Crippen LogP contribution in [0, 0.1) is 37.5 Å². The van der Waals surface area contributed by atoms with Crippen LogP contribution in [0.25, 0.3) is 0 Å². The van der Waals surface area contributed by atoms with Gasteiger partial charge in [-0.15, -0.1) is 0 Å². The monoisotopic (exact) mass is 433 g/mol. The van der Waals surface area contributed by atoms with E-state index in [0.717, 1.165) is 33.8 Å². The minimum atomic E-state index is -3.74. The van der Waals surface area contributed by atoms with E-state index >= 15 is 0 Å². The van der Waals surface area contributed by atoms with E-state index in [1.54, 1.807) is 0 Å². The first-order chi connectivity index (χ1) is 13.8. The number of hydrogen-bond acceptors (Lipinski definition) is 5. The molecule has 1 amide bonds. The van der Waals surface area contributed by atoms with Crippen LogP contribution in [0.1, 0.15) is 67.1 Å². The van der Waals surface area contributed by atoms with Crippen LogP contribution in [0.2, 0.25) is 0 Å². The van der Waals surface area contributed by atoms with Crippen molar-refractivity contribution in [1.82, 2.24) is 4.31 Å². The zero-order chi connectivity index (χ0) is 22.2. The Kier molecular flexibility index (Phi) is 4.66. The van der Waals surface area contributed by atoms with Crippen LogP contribution in [0.4, 0.5) is 0 Å². The van der Waals surface area contributed by atoms with E-state index in [0.29, 0.717) is 17.9 Å². The summed E-state index contributed by atoms with van der Waals surface area (Å²) in [7, 11) is -3.74. The quantitative estimate of drug-likeness (QED) is 0.681. The van der Waals surface area contributed by atoms with Gasteiger partial charge in [-0.1, -0.05) is 31.5 Å². The number of sulfonamides is 1. The molecule has 6 nitrogen and oxygen atoms in total. The van der Waals surface area contributed by atoms with Crippen LogP contribution in [0.5, 0.6) is 0 Å². The lowest BCUT2D eigenvalue weighted by Crippen LogP contribution is -2.48. The second-order valence-electron chi connectivity index (χ2n) is 10.1. The average molecular weight is 434 g/mol. The summed E-state index contributed by atoms with van der Waals surface area (Å²) in [6.07, 6.45) is 1.38. The predicted octanol–water partition coefficient (Wildman–Crippen LogP) is 3.52. The Hall–Kier alpha value is -1.89. The summed E-state index contributed by atoms with van der Waals surface area (Å²) in [4.78, 5) is 26.1. The van der Waals surface area contributed by atoms with Gasteiger partial charge in [0.1, 0.15) is 0 Å².